The summed E-state index contributed by atoms with van der Waals surface area (Å²) >= 11 is 0. The molecule has 0 radical (unpaired) electrons. The van der Waals surface area contributed by atoms with E-state index in [1.165, 1.54) is 12.1 Å². The van der Waals surface area contributed by atoms with Crippen molar-refractivity contribution in [3.8, 4) is 5.75 Å². The van der Waals surface area contributed by atoms with Crippen molar-refractivity contribution >= 4 is 11.9 Å². The Morgan fingerprint density at radius 3 is 2.74 bits per heavy atom. The maximum atomic E-state index is 13.9. The van der Waals surface area contributed by atoms with Crippen molar-refractivity contribution in [1.29, 1.82) is 0 Å². The van der Waals surface area contributed by atoms with Gasteiger partial charge >= 0.3 is 5.97 Å². The first-order valence-electron chi connectivity index (χ1n) is 7.95. The van der Waals surface area contributed by atoms with E-state index in [2.05, 4.69) is 0 Å². The number of ether oxygens (including phenoxy) is 2. The smallest absolute Gasteiger partial charge is 0.310 e. The Morgan fingerprint density at radius 2 is 2.09 bits per heavy atom. The molecule has 1 atom stereocenters. The number of nitrogens with zero attached hydrogens (tertiary/aromatic N) is 1. The summed E-state index contributed by atoms with van der Waals surface area (Å²) < 4.78 is 24.1. The largest absolute Gasteiger partial charge is 0.491 e. The molecule has 1 aliphatic rings. The lowest BCUT2D eigenvalue weighted by Gasteiger charge is -2.31. The number of rotatable bonds is 5. The number of likely N-dealkylation sites (tertiary alicyclic amines) is 1. The van der Waals surface area contributed by atoms with Crippen LogP contribution in [-0.4, -0.2) is 43.1 Å². The standard InChI is InChI=1S/C17H22FNO4/c1-3-22-15-8-7-12(10-14(15)18)16(20)19-9-5-6-13(11-19)17(21)23-4-2/h7-8,10,13H,3-6,9,11H2,1-2H3. The van der Waals surface area contributed by atoms with Gasteiger partial charge in [0, 0.05) is 18.7 Å². The van der Waals surface area contributed by atoms with Gasteiger partial charge in [0.05, 0.1) is 19.1 Å². The van der Waals surface area contributed by atoms with Crippen molar-refractivity contribution in [2.45, 2.75) is 26.7 Å². The van der Waals surface area contributed by atoms with E-state index in [0.29, 0.717) is 32.7 Å². The Balaban J connectivity index is 2.07. The molecule has 0 saturated carbocycles. The summed E-state index contributed by atoms with van der Waals surface area (Å²) in [6.07, 6.45) is 1.44. The Hall–Kier alpha value is -2.11. The first-order chi connectivity index (χ1) is 11.1. The molecule has 1 fully saturated rings. The number of esters is 1. The summed E-state index contributed by atoms with van der Waals surface area (Å²) in [7, 11) is 0. The monoisotopic (exact) mass is 323 g/mol. The number of amides is 1. The lowest BCUT2D eigenvalue weighted by Crippen LogP contribution is -2.42. The molecule has 1 amide bonds. The molecule has 126 valence electrons. The van der Waals surface area contributed by atoms with Gasteiger partial charge in [-0.25, -0.2) is 4.39 Å². The summed E-state index contributed by atoms with van der Waals surface area (Å²) in [5.41, 5.74) is 0.260. The lowest BCUT2D eigenvalue weighted by atomic mass is 9.97. The number of carbonyl (C=O) groups is 2. The highest BCUT2D eigenvalue weighted by atomic mass is 19.1. The number of carbonyl (C=O) groups excluding carboxylic acids is 2. The van der Waals surface area contributed by atoms with Gasteiger partial charge in [-0.2, -0.15) is 0 Å². The van der Waals surface area contributed by atoms with E-state index < -0.39 is 5.82 Å². The lowest BCUT2D eigenvalue weighted by molar-refractivity contribution is -0.149. The second-order valence-electron chi connectivity index (χ2n) is 5.42. The maximum absolute atomic E-state index is 13.9. The Morgan fingerprint density at radius 1 is 1.30 bits per heavy atom. The molecule has 1 aliphatic heterocycles. The summed E-state index contributed by atoms with van der Waals surface area (Å²) in [5, 5.41) is 0. The Bertz CT molecular complexity index is 576. The summed E-state index contributed by atoms with van der Waals surface area (Å²) in [5.74, 6) is -1.28. The van der Waals surface area contributed by atoms with Crippen molar-refractivity contribution in [1.82, 2.24) is 4.90 Å². The fourth-order valence-electron chi connectivity index (χ4n) is 2.70. The summed E-state index contributed by atoms with van der Waals surface area (Å²) in [6.45, 7) is 5.08. The molecule has 1 saturated heterocycles. The molecule has 0 bridgehead atoms. The zero-order valence-electron chi connectivity index (χ0n) is 13.5. The van der Waals surface area contributed by atoms with E-state index in [-0.39, 0.29) is 29.1 Å². The zero-order chi connectivity index (χ0) is 16.8. The average Bonchev–Trinajstić information content (AvgIpc) is 2.56. The predicted molar refractivity (Wildman–Crippen MR) is 82.8 cm³/mol. The average molecular weight is 323 g/mol. The van der Waals surface area contributed by atoms with E-state index >= 15 is 0 Å². The van der Waals surface area contributed by atoms with Gasteiger partial charge in [0.25, 0.3) is 5.91 Å². The molecule has 0 aliphatic carbocycles. The normalized spacial score (nSPS) is 17.7. The van der Waals surface area contributed by atoms with Gasteiger partial charge in [-0.05, 0) is 44.9 Å². The van der Waals surface area contributed by atoms with Crippen LogP contribution in [0.5, 0.6) is 5.75 Å². The van der Waals surface area contributed by atoms with E-state index in [0.717, 1.165) is 6.42 Å². The minimum Gasteiger partial charge on any atom is -0.491 e. The van der Waals surface area contributed by atoms with Crippen LogP contribution in [0.3, 0.4) is 0 Å². The summed E-state index contributed by atoms with van der Waals surface area (Å²) in [4.78, 5) is 25.9. The number of hydrogen-bond donors (Lipinski definition) is 0. The third kappa shape index (κ3) is 4.21. The highest BCUT2D eigenvalue weighted by Gasteiger charge is 2.30. The third-order valence-corrected chi connectivity index (χ3v) is 3.81. The molecular formula is C17H22FNO4. The molecule has 6 heteroatoms. The van der Waals surface area contributed by atoms with E-state index in [9.17, 15) is 14.0 Å². The molecule has 0 N–H and O–H groups in total. The molecule has 5 nitrogen and oxygen atoms in total. The van der Waals surface area contributed by atoms with Gasteiger partial charge in [0.2, 0.25) is 0 Å². The number of piperidine rings is 1. The Labute approximate surface area is 135 Å². The van der Waals surface area contributed by atoms with Crippen molar-refractivity contribution in [3.63, 3.8) is 0 Å². The van der Waals surface area contributed by atoms with E-state index in [1.807, 2.05) is 0 Å². The van der Waals surface area contributed by atoms with Gasteiger partial charge in [-0.15, -0.1) is 0 Å². The highest BCUT2D eigenvalue weighted by molar-refractivity contribution is 5.94. The Kier molecular flexibility index (Phi) is 5.96. The van der Waals surface area contributed by atoms with Crippen molar-refractivity contribution < 1.29 is 23.5 Å². The fourth-order valence-corrected chi connectivity index (χ4v) is 2.70. The molecule has 1 heterocycles. The molecule has 0 aromatic heterocycles. The zero-order valence-corrected chi connectivity index (χ0v) is 13.5. The number of halogens is 1. The van der Waals surface area contributed by atoms with Crippen molar-refractivity contribution in [3.05, 3.63) is 29.6 Å². The van der Waals surface area contributed by atoms with E-state index in [1.54, 1.807) is 24.8 Å². The minimum atomic E-state index is -0.559. The van der Waals surface area contributed by atoms with E-state index in [4.69, 9.17) is 9.47 Å². The van der Waals surface area contributed by atoms with Crippen LogP contribution >= 0.6 is 0 Å². The molecule has 2 rings (SSSR count). The molecule has 1 unspecified atom stereocenters. The van der Waals surface area contributed by atoms with Gasteiger partial charge in [-0.1, -0.05) is 0 Å². The quantitative estimate of drug-likeness (QED) is 0.782. The molecule has 1 aromatic carbocycles. The van der Waals surface area contributed by atoms with Crippen LogP contribution in [0.25, 0.3) is 0 Å². The first kappa shape index (κ1) is 17.2. The van der Waals surface area contributed by atoms with Crippen LogP contribution in [0, 0.1) is 11.7 Å². The highest BCUT2D eigenvalue weighted by Crippen LogP contribution is 2.23. The summed E-state index contributed by atoms with van der Waals surface area (Å²) in [6, 6.07) is 4.19. The van der Waals surface area contributed by atoms with Crippen LogP contribution in [0.15, 0.2) is 18.2 Å². The van der Waals surface area contributed by atoms with Crippen LogP contribution < -0.4 is 4.74 Å². The van der Waals surface area contributed by atoms with Gasteiger partial charge in [-0.3, -0.25) is 9.59 Å². The minimum absolute atomic E-state index is 0.132. The van der Waals surface area contributed by atoms with Gasteiger partial charge in [0.15, 0.2) is 11.6 Å². The number of benzene rings is 1. The van der Waals surface area contributed by atoms with Crippen LogP contribution in [0.2, 0.25) is 0 Å². The first-order valence-corrected chi connectivity index (χ1v) is 7.95. The second-order valence-corrected chi connectivity index (χ2v) is 5.42. The van der Waals surface area contributed by atoms with Gasteiger partial charge < -0.3 is 14.4 Å². The topological polar surface area (TPSA) is 55.8 Å². The fraction of sp³-hybridized carbons (Fsp3) is 0.529. The third-order valence-electron chi connectivity index (χ3n) is 3.81. The second kappa shape index (κ2) is 7.94. The van der Waals surface area contributed by atoms with Crippen molar-refractivity contribution in [2.24, 2.45) is 5.92 Å². The van der Waals surface area contributed by atoms with Crippen LogP contribution in [0.4, 0.5) is 4.39 Å². The van der Waals surface area contributed by atoms with Gasteiger partial charge in [0.1, 0.15) is 0 Å². The molecule has 0 spiro atoms. The van der Waals surface area contributed by atoms with Crippen LogP contribution in [-0.2, 0) is 9.53 Å². The predicted octanol–water partition coefficient (Wildman–Crippen LogP) is 2.64. The number of hydrogen-bond acceptors (Lipinski definition) is 4. The molecule has 1 aromatic rings. The van der Waals surface area contributed by atoms with Crippen molar-refractivity contribution in [2.75, 3.05) is 26.3 Å². The molecular weight excluding hydrogens is 301 g/mol. The SMILES string of the molecule is CCOC(=O)C1CCCN(C(=O)c2ccc(OCC)c(F)c2)C1. The maximum Gasteiger partial charge on any atom is 0.310 e. The van der Waals surface area contributed by atoms with Crippen LogP contribution in [0.1, 0.15) is 37.0 Å². The molecule has 23 heavy (non-hydrogen) atoms.